The van der Waals surface area contributed by atoms with Crippen LogP contribution in [0.15, 0.2) is 29.6 Å². The first-order valence-corrected chi connectivity index (χ1v) is 6.46. The number of hydrazine groups is 1. The fraction of sp³-hybridized carbons (Fsp3) is 0.182. The summed E-state index contributed by atoms with van der Waals surface area (Å²) in [5.74, 6) is 5.92. The summed E-state index contributed by atoms with van der Waals surface area (Å²) in [7, 11) is 0. The molecule has 7 nitrogen and oxygen atoms in total. The molecule has 2 heterocycles. The Morgan fingerprint density at radius 3 is 2.84 bits per heavy atom. The number of hydrogen-bond donors (Lipinski definition) is 3. The van der Waals surface area contributed by atoms with E-state index in [9.17, 15) is 10.1 Å². The predicted molar refractivity (Wildman–Crippen MR) is 75.2 cm³/mol. The number of rotatable bonds is 6. The van der Waals surface area contributed by atoms with Crippen molar-refractivity contribution in [3.05, 3.63) is 44.6 Å². The van der Waals surface area contributed by atoms with E-state index < -0.39 is 4.92 Å². The summed E-state index contributed by atoms with van der Waals surface area (Å²) < 4.78 is 0. The zero-order chi connectivity index (χ0) is 13.7. The Bertz CT molecular complexity index is 558. The lowest BCUT2D eigenvalue weighted by Gasteiger charge is -2.06. The quantitative estimate of drug-likeness (QED) is 0.424. The highest BCUT2D eigenvalue weighted by Gasteiger charge is 2.10. The maximum atomic E-state index is 10.8. The molecule has 4 N–H and O–H groups in total. The number of pyridine rings is 1. The molecule has 0 radical (unpaired) electrons. The van der Waals surface area contributed by atoms with Crippen LogP contribution >= 0.6 is 11.3 Å². The number of nitrogen functional groups attached to an aromatic ring is 1. The Morgan fingerprint density at radius 2 is 2.21 bits per heavy atom. The van der Waals surface area contributed by atoms with E-state index >= 15 is 0 Å². The standard InChI is InChI=1S/C11H13N5O2S/c12-15-11-7-8(16(17)18)6-10(14-11)13-4-3-9-2-1-5-19-9/h1-2,5-7H,3-4,12H2,(H2,13,14,15). The van der Waals surface area contributed by atoms with Crippen molar-refractivity contribution >= 4 is 28.7 Å². The van der Waals surface area contributed by atoms with Crippen LogP contribution in [0.3, 0.4) is 0 Å². The minimum absolute atomic E-state index is 0.0541. The van der Waals surface area contributed by atoms with Gasteiger partial charge in [0.2, 0.25) is 0 Å². The fourth-order valence-corrected chi connectivity index (χ4v) is 2.26. The van der Waals surface area contributed by atoms with Gasteiger partial charge in [0.05, 0.1) is 17.1 Å². The number of hydrogen-bond acceptors (Lipinski definition) is 7. The zero-order valence-corrected chi connectivity index (χ0v) is 10.8. The molecule has 19 heavy (non-hydrogen) atoms. The van der Waals surface area contributed by atoms with Crippen LogP contribution in [0, 0.1) is 10.1 Å². The Balaban J connectivity index is 2.02. The van der Waals surface area contributed by atoms with Crippen LogP contribution in [0.5, 0.6) is 0 Å². The summed E-state index contributed by atoms with van der Waals surface area (Å²) in [4.78, 5) is 15.6. The molecule has 2 aromatic rings. The highest BCUT2D eigenvalue weighted by molar-refractivity contribution is 7.09. The van der Waals surface area contributed by atoms with Crippen molar-refractivity contribution in [2.24, 2.45) is 5.84 Å². The predicted octanol–water partition coefficient (Wildman–Crippen LogP) is 1.99. The molecule has 100 valence electrons. The molecule has 0 aliphatic rings. The molecule has 2 aromatic heterocycles. The van der Waals surface area contributed by atoms with Gasteiger partial charge < -0.3 is 10.7 Å². The SMILES string of the molecule is NNc1cc([N+](=O)[O-])cc(NCCc2cccs2)n1. The van der Waals surface area contributed by atoms with Gasteiger partial charge in [0.1, 0.15) is 11.6 Å². The molecule has 0 fully saturated rings. The third kappa shape index (κ3) is 3.63. The van der Waals surface area contributed by atoms with E-state index in [0.717, 1.165) is 6.42 Å². The van der Waals surface area contributed by atoms with Gasteiger partial charge in [-0.15, -0.1) is 11.3 Å². The summed E-state index contributed by atoms with van der Waals surface area (Å²) in [6.45, 7) is 0.651. The Morgan fingerprint density at radius 1 is 1.42 bits per heavy atom. The second-order valence-corrected chi connectivity index (χ2v) is 4.79. The molecule has 0 saturated heterocycles. The minimum atomic E-state index is -0.479. The van der Waals surface area contributed by atoms with Crippen molar-refractivity contribution in [3.8, 4) is 0 Å². The van der Waals surface area contributed by atoms with Crippen LogP contribution in [-0.2, 0) is 6.42 Å². The fourth-order valence-electron chi connectivity index (χ4n) is 1.55. The third-order valence-electron chi connectivity index (χ3n) is 2.43. The van der Waals surface area contributed by atoms with E-state index in [4.69, 9.17) is 5.84 Å². The molecule has 0 spiro atoms. The summed E-state index contributed by atoms with van der Waals surface area (Å²) in [6, 6.07) is 6.70. The highest BCUT2D eigenvalue weighted by Crippen LogP contribution is 2.20. The topological polar surface area (TPSA) is 106 Å². The average molecular weight is 279 g/mol. The smallest absolute Gasteiger partial charge is 0.276 e. The largest absolute Gasteiger partial charge is 0.369 e. The Kier molecular flexibility index (Phi) is 4.26. The van der Waals surface area contributed by atoms with Crippen LogP contribution in [0.1, 0.15) is 4.88 Å². The Hall–Kier alpha value is -2.19. The molecule has 0 atom stereocenters. The highest BCUT2D eigenvalue weighted by atomic mass is 32.1. The van der Waals surface area contributed by atoms with E-state index in [1.807, 2.05) is 17.5 Å². The van der Waals surface area contributed by atoms with Gasteiger partial charge in [0.25, 0.3) is 5.69 Å². The van der Waals surface area contributed by atoms with Gasteiger partial charge >= 0.3 is 0 Å². The monoisotopic (exact) mass is 279 g/mol. The van der Waals surface area contributed by atoms with Crippen molar-refractivity contribution in [1.29, 1.82) is 0 Å². The maximum absolute atomic E-state index is 10.8. The first-order valence-electron chi connectivity index (χ1n) is 5.58. The number of aromatic nitrogens is 1. The van der Waals surface area contributed by atoms with Gasteiger partial charge in [0.15, 0.2) is 0 Å². The molecule has 8 heteroatoms. The van der Waals surface area contributed by atoms with E-state index in [1.165, 1.54) is 17.0 Å². The summed E-state index contributed by atoms with van der Waals surface area (Å²) in [5.41, 5.74) is 2.26. The molecular formula is C11H13N5O2S. The van der Waals surface area contributed by atoms with Gasteiger partial charge in [-0.25, -0.2) is 10.8 Å². The second-order valence-electron chi connectivity index (χ2n) is 3.75. The van der Waals surface area contributed by atoms with Gasteiger partial charge in [0, 0.05) is 11.4 Å². The van der Waals surface area contributed by atoms with Crippen molar-refractivity contribution in [3.63, 3.8) is 0 Å². The van der Waals surface area contributed by atoms with Crippen LogP contribution < -0.4 is 16.6 Å². The first-order chi connectivity index (χ1) is 9.19. The minimum Gasteiger partial charge on any atom is -0.369 e. The van der Waals surface area contributed by atoms with Crippen LogP contribution in [0.25, 0.3) is 0 Å². The van der Waals surface area contributed by atoms with Crippen molar-refractivity contribution < 1.29 is 4.92 Å². The number of nitro groups is 1. The van der Waals surface area contributed by atoms with E-state index in [-0.39, 0.29) is 11.5 Å². The lowest BCUT2D eigenvalue weighted by Crippen LogP contribution is -2.11. The molecule has 0 aliphatic heterocycles. The van der Waals surface area contributed by atoms with Crippen LogP contribution in [-0.4, -0.2) is 16.5 Å². The van der Waals surface area contributed by atoms with Crippen LogP contribution in [0.4, 0.5) is 17.3 Å². The van der Waals surface area contributed by atoms with E-state index in [1.54, 1.807) is 11.3 Å². The lowest BCUT2D eigenvalue weighted by molar-refractivity contribution is -0.384. The van der Waals surface area contributed by atoms with E-state index in [0.29, 0.717) is 12.4 Å². The normalized spacial score (nSPS) is 10.2. The molecular weight excluding hydrogens is 266 g/mol. The van der Waals surface area contributed by atoms with Crippen molar-refractivity contribution in [1.82, 2.24) is 4.98 Å². The molecule has 0 bridgehead atoms. The van der Waals surface area contributed by atoms with Crippen molar-refractivity contribution in [2.75, 3.05) is 17.3 Å². The van der Waals surface area contributed by atoms with Gasteiger partial charge in [-0.1, -0.05) is 6.07 Å². The number of nitrogens with one attached hydrogen (secondary N) is 2. The number of thiophene rings is 1. The summed E-state index contributed by atoms with van der Waals surface area (Å²) in [5, 5.41) is 15.8. The molecule has 0 saturated carbocycles. The molecule has 2 rings (SSSR count). The lowest BCUT2D eigenvalue weighted by atomic mass is 10.3. The number of nitrogens with two attached hydrogens (primary N) is 1. The number of nitrogens with zero attached hydrogens (tertiary/aromatic N) is 2. The molecule has 0 unspecified atom stereocenters. The molecule has 0 amide bonds. The number of anilines is 2. The summed E-state index contributed by atoms with van der Waals surface area (Å²) >= 11 is 1.67. The maximum Gasteiger partial charge on any atom is 0.276 e. The van der Waals surface area contributed by atoms with Crippen LogP contribution in [0.2, 0.25) is 0 Å². The average Bonchev–Trinajstić information content (AvgIpc) is 2.91. The van der Waals surface area contributed by atoms with E-state index in [2.05, 4.69) is 15.7 Å². The van der Waals surface area contributed by atoms with Gasteiger partial charge in [-0.3, -0.25) is 10.1 Å². The second kappa shape index (κ2) is 6.12. The summed E-state index contributed by atoms with van der Waals surface area (Å²) in [6.07, 6.45) is 0.841. The zero-order valence-electron chi connectivity index (χ0n) is 10.00. The van der Waals surface area contributed by atoms with Crippen molar-refractivity contribution in [2.45, 2.75) is 6.42 Å². The molecule has 0 aliphatic carbocycles. The molecule has 0 aromatic carbocycles. The first kappa shape index (κ1) is 13.2. The van der Waals surface area contributed by atoms with Gasteiger partial charge in [-0.05, 0) is 17.9 Å². The third-order valence-corrected chi connectivity index (χ3v) is 3.36. The van der Waals surface area contributed by atoms with Gasteiger partial charge in [-0.2, -0.15) is 0 Å². The Labute approximate surface area is 113 Å².